The van der Waals surface area contributed by atoms with Crippen LogP contribution in [-0.2, 0) is 19.6 Å². The molecule has 0 amide bonds. The number of carbonyl (C=O) groups excluding carboxylic acids is 1. The fourth-order valence-electron chi connectivity index (χ4n) is 2.46. The molecular weight excluding hydrogens is 417 g/mol. The van der Waals surface area contributed by atoms with E-state index in [9.17, 15) is 13.2 Å². The Balaban J connectivity index is 2.32. The first-order valence-corrected chi connectivity index (χ1v) is 9.51. The molecule has 0 spiro atoms. The van der Waals surface area contributed by atoms with Crippen LogP contribution in [0.2, 0.25) is 0 Å². The molecule has 1 aliphatic rings. The Kier molecular flexibility index (Phi) is 5.99. The summed E-state index contributed by atoms with van der Waals surface area (Å²) < 4.78 is 32.6. The molecule has 0 radical (unpaired) electrons. The van der Waals surface area contributed by atoms with E-state index in [0.717, 1.165) is 12.8 Å². The molecule has 0 bridgehead atoms. The third kappa shape index (κ3) is 3.88. The van der Waals surface area contributed by atoms with E-state index >= 15 is 0 Å². The fraction of sp³-hybridized carbons (Fsp3) is 0.400. The van der Waals surface area contributed by atoms with Crippen LogP contribution in [0.25, 0.3) is 0 Å². The summed E-state index contributed by atoms with van der Waals surface area (Å²) in [7, 11) is -2.27. The van der Waals surface area contributed by atoms with Crippen molar-refractivity contribution < 1.29 is 17.9 Å². The molecule has 0 N–H and O–H groups in total. The van der Waals surface area contributed by atoms with Gasteiger partial charge in [-0.25, -0.2) is 13.2 Å². The van der Waals surface area contributed by atoms with Crippen LogP contribution in [0.5, 0.6) is 0 Å². The number of rotatable bonds is 4. The van der Waals surface area contributed by atoms with Crippen LogP contribution in [-0.4, -0.2) is 38.4 Å². The van der Waals surface area contributed by atoms with Crippen molar-refractivity contribution in [2.24, 2.45) is 0 Å². The maximum atomic E-state index is 12.9. The van der Waals surface area contributed by atoms with Crippen LogP contribution in [0, 0.1) is 3.57 Å². The van der Waals surface area contributed by atoms with Crippen molar-refractivity contribution in [1.82, 2.24) is 4.31 Å². The van der Waals surface area contributed by atoms with Gasteiger partial charge in [0.2, 0.25) is 10.0 Å². The molecule has 0 aliphatic carbocycles. The largest absolute Gasteiger partial charge is 0.466 e. The van der Waals surface area contributed by atoms with Crippen LogP contribution in [0.1, 0.15) is 19.3 Å². The molecule has 0 saturated carbocycles. The first kappa shape index (κ1) is 17.4. The highest BCUT2D eigenvalue weighted by Crippen LogP contribution is 2.28. The van der Waals surface area contributed by atoms with Gasteiger partial charge in [-0.05, 0) is 47.6 Å². The number of piperidine rings is 1. The van der Waals surface area contributed by atoms with Crippen LogP contribution >= 0.6 is 22.6 Å². The Morgan fingerprint density at radius 2 is 2.09 bits per heavy atom. The third-order valence-electron chi connectivity index (χ3n) is 3.58. The summed E-state index contributed by atoms with van der Waals surface area (Å²) in [4.78, 5) is 11.6. The van der Waals surface area contributed by atoms with Gasteiger partial charge in [0.05, 0.1) is 12.0 Å². The second kappa shape index (κ2) is 7.56. The number of methoxy groups -OCH3 is 1. The molecule has 120 valence electrons. The van der Waals surface area contributed by atoms with Gasteiger partial charge in [-0.2, -0.15) is 4.31 Å². The molecule has 2 rings (SSSR count). The maximum absolute atomic E-state index is 12.9. The van der Waals surface area contributed by atoms with Crippen molar-refractivity contribution in [2.45, 2.75) is 30.2 Å². The summed E-state index contributed by atoms with van der Waals surface area (Å²) in [5, 5.41) is 0. The minimum absolute atomic E-state index is 0.311. The summed E-state index contributed by atoms with van der Waals surface area (Å²) in [5.41, 5.74) is 0. The van der Waals surface area contributed by atoms with E-state index in [1.807, 2.05) is 28.7 Å². The lowest BCUT2D eigenvalue weighted by Gasteiger charge is -2.33. The molecule has 7 heteroatoms. The average Bonchev–Trinajstić information content (AvgIpc) is 2.53. The highest BCUT2D eigenvalue weighted by atomic mass is 127. The number of ether oxygens (including phenoxy) is 1. The number of nitrogens with zero attached hydrogens (tertiary/aromatic N) is 1. The Bertz CT molecular complexity index is 672. The second-order valence-electron chi connectivity index (χ2n) is 4.99. The number of hydrogen-bond donors (Lipinski definition) is 0. The van der Waals surface area contributed by atoms with Crippen molar-refractivity contribution >= 4 is 38.6 Å². The van der Waals surface area contributed by atoms with Crippen molar-refractivity contribution in [3.8, 4) is 0 Å². The molecule has 1 heterocycles. The highest BCUT2D eigenvalue weighted by Gasteiger charge is 2.33. The van der Waals surface area contributed by atoms with Gasteiger partial charge in [0, 0.05) is 22.2 Å². The Hall–Kier alpha value is -0.930. The number of sulfonamides is 1. The molecule has 1 fully saturated rings. The van der Waals surface area contributed by atoms with E-state index in [2.05, 4.69) is 4.74 Å². The summed E-state index contributed by atoms with van der Waals surface area (Å²) in [6.45, 7) is 0.462. The van der Waals surface area contributed by atoms with Crippen LogP contribution in [0.3, 0.4) is 0 Å². The molecule has 1 aliphatic heterocycles. The van der Waals surface area contributed by atoms with Crippen LogP contribution in [0.15, 0.2) is 41.3 Å². The van der Waals surface area contributed by atoms with E-state index in [-0.39, 0.29) is 6.04 Å². The van der Waals surface area contributed by atoms with Crippen LogP contribution < -0.4 is 0 Å². The lowest BCUT2D eigenvalue weighted by Crippen LogP contribution is -2.42. The third-order valence-corrected chi connectivity index (χ3v) is 6.87. The van der Waals surface area contributed by atoms with E-state index in [1.165, 1.54) is 17.5 Å². The number of carbonyl (C=O) groups is 1. The summed E-state index contributed by atoms with van der Waals surface area (Å²) in [5.74, 6) is -0.475. The van der Waals surface area contributed by atoms with Crippen molar-refractivity contribution in [3.63, 3.8) is 0 Å². The van der Waals surface area contributed by atoms with Gasteiger partial charge in [-0.15, -0.1) is 0 Å². The molecule has 1 unspecified atom stereocenters. The normalized spacial score (nSPS) is 20.2. The number of hydrogen-bond acceptors (Lipinski definition) is 4. The number of benzene rings is 1. The summed E-state index contributed by atoms with van der Waals surface area (Å²) in [6.07, 6.45) is 5.39. The van der Waals surface area contributed by atoms with E-state index in [0.29, 0.717) is 21.4 Å². The first-order valence-electron chi connectivity index (χ1n) is 6.99. The lowest BCUT2D eigenvalue weighted by atomic mass is 10.0. The van der Waals surface area contributed by atoms with Gasteiger partial charge < -0.3 is 4.74 Å². The van der Waals surface area contributed by atoms with E-state index in [4.69, 9.17) is 0 Å². The van der Waals surface area contributed by atoms with E-state index in [1.54, 1.807) is 24.3 Å². The number of esters is 1. The van der Waals surface area contributed by atoms with Crippen LogP contribution in [0.4, 0.5) is 0 Å². The Labute approximate surface area is 144 Å². The minimum Gasteiger partial charge on any atom is -0.466 e. The van der Waals surface area contributed by atoms with Gasteiger partial charge in [-0.1, -0.05) is 24.6 Å². The van der Waals surface area contributed by atoms with Gasteiger partial charge in [0.1, 0.15) is 0 Å². The quantitative estimate of drug-likeness (QED) is 0.415. The second-order valence-corrected chi connectivity index (χ2v) is 8.01. The Morgan fingerprint density at radius 1 is 1.36 bits per heavy atom. The Morgan fingerprint density at radius 3 is 2.77 bits per heavy atom. The zero-order chi connectivity index (χ0) is 16.2. The lowest BCUT2D eigenvalue weighted by molar-refractivity contribution is -0.134. The molecule has 0 aromatic heterocycles. The summed E-state index contributed by atoms with van der Waals surface area (Å²) >= 11 is 2.03. The summed E-state index contributed by atoms with van der Waals surface area (Å²) in [6, 6.07) is 6.61. The SMILES string of the molecule is COC(=O)/C=C/C1CCCCN1S(=O)(=O)c1ccccc1I. The topological polar surface area (TPSA) is 63.7 Å². The van der Waals surface area contributed by atoms with E-state index < -0.39 is 16.0 Å². The van der Waals surface area contributed by atoms with Crippen molar-refractivity contribution in [2.75, 3.05) is 13.7 Å². The molecule has 1 aromatic carbocycles. The number of halogens is 1. The minimum atomic E-state index is -3.57. The predicted octanol–water partition coefficient (Wildman–Crippen LogP) is 2.56. The van der Waals surface area contributed by atoms with Gasteiger partial charge >= 0.3 is 5.97 Å². The zero-order valence-corrected chi connectivity index (χ0v) is 15.2. The first-order chi connectivity index (χ1) is 10.5. The molecule has 5 nitrogen and oxygen atoms in total. The molecule has 22 heavy (non-hydrogen) atoms. The predicted molar refractivity (Wildman–Crippen MR) is 91.8 cm³/mol. The van der Waals surface area contributed by atoms with Crippen molar-refractivity contribution in [3.05, 3.63) is 40.0 Å². The van der Waals surface area contributed by atoms with Crippen molar-refractivity contribution in [1.29, 1.82) is 0 Å². The monoisotopic (exact) mass is 435 g/mol. The molecule has 1 atom stereocenters. The maximum Gasteiger partial charge on any atom is 0.330 e. The fourth-order valence-corrected chi connectivity index (χ4v) is 5.40. The average molecular weight is 435 g/mol. The van der Waals surface area contributed by atoms with Gasteiger partial charge in [0.15, 0.2) is 0 Å². The highest BCUT2D eigenvalue weighted by molar-refractivity contribution is 14.1. The standard InChI is InChI=1S/C15H18INO4S/c1-21-15(18)10-9-12-6-4-5-11-17(12)22(19,20)14-8-3-2-7-13(14)16/h2-3,7-10,12H,4-6,11H2,1H3/b10-9+. The molecule has 1 saturated heterocycles. The zero-order valence-electron chi connectivity index (χ0n) is 12.2. The van der Waals surface area contributed by atoms with Gasteiger partial charge in [-0.3, -0.25) is 0 Å². The molecular formula is C15H18INO4S. The smallest absolute Gasteiger partial charge is 0.330 e. The van der Waals surface area contributed by atoms with Gasteiger partial charge in [0.25, 0.3) is 0 Å². The molecule has 1 aromatic rings.